The standard InChI is InChI=1S/C12H20N6/c1-5-18-11(6-9(2)16-18)7-13-10(3)12-15-14-8-17(12)4/h6,8,10,13H,5,7H2,1-4H3. The van der Waals surface area contributed by atoms with E-state index in [1.807, 2.05) is 23.2 Å². The van der Waals surface area contributed by atoms with Gasteiger partial charge in [-0.25, -0.2) is 0 Å². The first-order valence-corrected chi connectivity index (χ1v) is 6.22. The van der Waals surface area contributed by atoms with E-state index >= 15 is 0 Å². The maximum atomic E-state index is 4.43. The third-order valence-electron chi connectivity index (χ3n) is 3.01. The molecule has 0 aliphatic carbocycles. The summed E-state index contributed by atoms with van der Waals surface area (Å²) < 4.78 is 3.95. The van der Waals surface area contributed by atoms with Gasteiger partial charge < -0.3 is 9.88 Å². The molecule has 2 aromatic rings. The van der Waals surface area contributed by atoms with Crippen molar-refractivity contribution in [1.29, 1.82) is 0 Å². The van der Waals surface area contributed by atoms with Crippen LogP contribution < -0.4 is 5.32 Å². The molecule has 98 valence electrons. The predicted molar refractivity (Wildman–Crippen MR) is 68.9 cm³/mol. The average molecular weight is 248 g/mol. The summed E-state index contributed by atoms with van der Waals surface area (Å²) in [5.74, 6) is 0.939. The zero-order chi connectivity index (χ0) is 13.1. The Kier molecular flexibility index (Phi) is 3.76. The van der Waals surface area contributed by atoms with E-state index in [2.05, 4.69) is 40.5 Å². The van der Waals surface area contributed by atoms with Crippen molar-refractivity contribution in [3.8, 4) is 0 Å². The summed E-state index contributed by atoms with van der Waals surface area (Å²) in [6, 6.07) is 2.28. The maximum Gasteiger partial charge on any atom is 0.149 e. The molecule has 0 aliphatic rings. The molecule has 0 saturated carbocycles. The van der Waals surface area contributed by atoms with E-state index in [1.165, 1.54) is 5.69 Å². The SMILES string of the molecule is CCn1nc(C)cc1CNC(C)c1nncn1C. The molecule has 2 rings (SSSR count). The van der Waals surface area contributed by atoms with Crippen LogP contribution in [0.4, 0.5) is 0 Å². The topological polar surface area (TPSA) is 60.6 Å². The first-order chi connectivity index (χ1) is 8.61. The molecule has 18 heavy (non-hydrogen) atoms. The van der Waals surface area contributed by atoms with Crippen molar-refractivity contribution in [2.45, 2.75) is 39.9 Å². The lowest BCUT2D eigenvalue weighted by atomic mass is 10.3. The highest BCUT2D eigenvalue weighted by atomic mass is 15.3. The molecule has 1 unspecified atom stereocenters. The minimum absolute atomic E-state index is 0.165. The molecule has 0 fully saturated rings. The van der Waals surface area contributed by atoms with Crippen molar-refractivity contribution in [3.05, 3.63) is 29.6 Å². The number of nitrogens with one attached hydrogen (secondary N) is 1. The van der Waals surface area contributed by atoms with E-state index in [9.17, 15) is 0 Å². The second-order valence-corrected chi connectivity index (χ2v) is 4.50. The number of hydrogen-bond acceptors (Lipinski definition) is 4. The normalized spacial score (nSPS) is 12.9. The molecular formula is C12H20N6. The van der Waals surface area contributed by atoms with Gasteiger partial charge in [0.1, 0.15) is 12.2 Å². The maximum absolute atomic E-state index is 4.43. The molecule has 2 aromatic heterocycles. The van der Waals surface area contributed by atoms with Crippen molar-refractivity contribution >= 4 is 0 Å². The molecule has 0 radical (unpaired) electrons. The minimum Gasteiger partial charge on any atom is -0.319 e. The molecule has 6 nitrogen and oxygen atoms in total. The molecule has 0 amide bonds. The summed E-state index contributed by atoms with van der Waals surface area (Å²) in [5.41, 5.74) is 2.25. The van der Waals surface area contributed by atoms with Gasteiger partial charge in [0.15, 0.2) is 0 Å². The Morgan fingerprint density at radius 3 is 2.83 bits per heavy atom. The molecule has 2 heterocycles. The average Bonchev–Trinajstić information content (AvgIpc) is 2.92. The second-order valence-electron chi connectivity index (χ2n) is 4.50. The lowest BCUT2D eigenvalue weighted by Crippen LogP contribution is -2.22. The Balaban J connectivity index is 2.01. The molecule has 0 aromatic carbocycles. The van der Waals surface area contributed by atoms with E-state index in [0.717, 1.165) is 24.6 Å². The van der Waals surface area contributed by atoms with Gasteiger partial charge in [0, 0.05) is 20.1 Å². The van der Waals surface area contributed by atoms with Crippen LogP contribution in [0.1, 0.15) is 37.1 Å². The zero-order valence-electron chi connectivity index (χ0n) is 11.4. The molecule has 0 saturated heterocycles. The van der Waals surface area contributed by atoms with Crippen LogP contribution in [0.2, 0.25) is 0 Å². The first-order valence-electron chi connectivity index (χ1n) is 6.22. The third kappa shape index (κ3) is 2.59. The van der Waals surface area contributed by atoms with Gasteiger partial charge >= 0.3 is 0 Å². The van der Waals surface area contributed by atoms with Gasteiger partial charge in [-0.1, -0.05) is 0 Å². The van der Waals surface area contributed by atoms with Gasteiger partial charge in [-0.05, 0) is 26.8 Å². The van der Waals surface area contributed by atoms with Gasteiger partial charge in [-0.15, -0.1) is 10.2 Å². The summed E-state index contributed by atoms with van der Waals surface area (Å²) in [6.45, 7) is 7.87. The fraction of sp³-hybridized carbons (Fsp3) is 0.583. The van der Waals surface area contributed by atoms with Crippen molar-refractivity contribution in [1.82, 2.24) is 29.9 Å². The molecule has 0 bridgehead atoms. The van der Waals surface area contributed by atoms with Crippen molar-refractivity contribution in [2.24, 2.45) is 7.05 Å². The number of hydrogen-bond donors (Lipinski definition) is 1. The summed E-state index contributed by atoms with van der Waals surface area (Å²) in [5, 5.41) is 15.9. The number of aryl methyl sites for hydroxylation is 3. The number of rotatable bonds is 5. The fourth-order valence-electron chi connectivity index (χ4n) is 2.05. The van der Waals surface area contributed by atoms with Crippen LogP contribution in [0.3, 0.4) is 0 Å². The summed E-state index contributed by atoms with van der Waals surface area (Å²) in [6.07, 6.45) is 1.72. The Morgan fingerprint density at radius 2 is 2.22 bits per heavy atom. The summed E-state index contributed by atoms with van der Waals surface area (Å²) in [7, 11) is 1.95. The summed E-state index contributed by atoms with van der Waals surface area (Å²) >= 11 is 0. The van der Waals surface area contributed by atoms with Crippen LogP contribution in [0.25, 0.3) is 0 Å². The highest BCUT2D eigenvalue weighted by molar-refractivity contribution is 5.09. The largest absolute Gasteiger partial charge is 0.319 e. The van der Waals surface area contributed by atoms with Crippen molar-refractivity contribution in [3.63, 3.8) is 0 Å². The molecule has 6 heteroatoms. The van der Waals surface area contributed by atoms with Gasteiger partial charge in [-0.2, -0.15) is 5.10 Å². The van der Waals surface area contributed by atoms with Gasteiger partial charge in [-0.3, -0.25) is 4.68 Å². The Morgan fingerprint density at radius 1 is 1.44 bits per heavy atom. The van der Waals surface area contributed by atoms with E-state index < -0.39 is 0 Å². The third-order valence-corrected chi connectivity index (χ3v) is 3.01. The van der Waals surface area contributed by atoms with Gasteiger partial charge in [0.2, 0.25) is 0 Å². The smallest absolute Gasteiger partial charge is 0.149 e. The van der Waals surface area contributed by atoms with Crippen LogP contribution in [-0.2, 0) is 20.1 Å². The monoisotopic (exact) mass is 248 g/mol. The highest BCUT2D eigenvalue weighted by Gasteiger charge is 2.12. The van der Waals surface area contributed by atoms with Crippen molar-refractivity contribution < 1.29 is 0 Å². The second kappa shape index (κ2) is 5.30. The Labute approximate surface area is 107 Å². The zero-order valence-corrected chi connectivity index (χ0v) is 11.4. The highest BCUT2D eigenvalue weighted by Crippen LogP contribution is 2.10. The van der Waals surface area contributed by atoms with Crippen LogP contribution in [-0.4, -0.2) is 24.5 Å². The van der Waals surface area contributed by atoms with E-state index in [0.29, 0.717) is 0 Å². The lowest BCUT2D eigenvalue weighted by Gasteiger charge is -2.13. The van der Waals surface area contributed by atoms with Crippen LogP contribution in [0.15, 0.2) is 12.4 Å². The van der Waals surface area contributed by atoms with Crippen molar-refractivity contribution in [2.75, 3.05) is 0 Å². The minimum atomic E-state index is 0.165. The van der Waals surface area contributed by atoms with Gasteiger partial charge in [0.05, 0.1) is 17.4 Å². The molecule has 0 spiro atoms. The molecule has 1 N–H and O–H groups in total. The number of nitrogens with zero attached hydrogens (tertiary/aromatic N) is 5. The van der Waals surface area contributed by atoms with E-state index in [4.69, 9.17) is 0 Å². The fourth-order valence-corrected chi connectivity index (χ4v) is 2.05. The quantitative estimate of drug-likeness (QED) is 0.863. The predicted octanol–water partition coefficient (Wildman–Crippen LogP) is 1.19. The first kappa shape index (κ1) is 12.8. The van der Waals surface area contributed by atoms with Gasteiger partial charge in [0.25, 0.3) is 0 Å². The molecule has 0 aliphatic heterocycles. The van der Waals surface area contributed by atoms with Crippen LogP contribution >= 0.6 is 0 Å². The van der Waals surface area contributed by atoms with Crippen LogP contribution in [0, 0.1) is 6.92 Å². The van der Waals surface area contributed by atoms with E-state index in [1.54, 1.807) is 6.33 Å². The summed E-state index contributed by atoms with van der Waals surface area (Å²) in [4.78, 5) is 0. The molecular weight excluding hydrogens is 228 g/mol. The van der Waals surface area contributed by atoms with E-state index in [-0.39, 0.29) is 6.04 Å². The molecule has 1 atom stereocenters. The lowest BCUT2D eigenvalue weighted by molar-refractivity contribution is 0.502. The van der Waals surface area contributed by atoms with Crippen LogP contribution in [0.5, 0.6) is 0 Å². The Hall–Kier alpha value is -1.69. The Bertz CT molecular complexity index is 512. The number of aromatic nitrogens is 5.